The van der Waals surface area contributed by atoms with Crippen molar-refractivity contribution in [2.45, 2.75) is 32.2 Å². The van der Waals surface area contributed by atoms with Gasteiger partial charge < -0.3 is 9.69 Å². The maximum absolute atomic E-state index is 12.4. The molecule has 2 aliphatic rings. The minimum Gasteiger partial charge on any atom is -0.338 e. The molecular formula is C14H24N2O4S. The number of likely N-dealkylation sites (tertiary alicyclic amines) is 1. The number of hydrogen-bond acceptors (Lipinski definition) is 5. The lowest BCUT2D eigenvalue weighted by Crippen LogP contribution is -2.47. The Morgan fingerprint density at radius 3 is 2.43 bits per heavy atom. The molecule has 1 unspecified atom stereocenters. The van der Waals surface area contributed by atoms with Crippen LogP contribution in [0.3, 0.4) is 0 Å². The second kappa shape index (κ2) is 6.87. The first-order valence-electron chi connectivity index (χ1n) is 7.62. The zero-order valence-electron chi connectivity index (χ0n) is 12.5. The van der Waals surface area contributed by atoms with Crippen LogP contribution in [-0.4, -0.2) is 74.1 Å². The van der Waals surface area contributed by atoms with E-state index in [1.807, 2.05) is 6.92 Å². The van der Waals surface area contributed by atoms with Crippen LogP contribution < -0.4 is 0 Å². The number of hydrogen-bond donors (Lipinski definition) is 0. The van der Waals surface area contributed by atoms with Crippen molar-refractivity contribution in [3.05, 3.63) is 0 Å². The lowest BCUT2D eigenvalue weighted by Gasteiger charge is -2.33. The van der Waals surface area contributed by atoms with Crippen LogP contribution in [0.5, 0.6) is 0 Å². The lowest BCUT2D eigenvalue weighted by molar-refractivity contribution is -0.134. The molecule has 0 saturated carbocycles. The fourth-order valence-electron chi connectivity index (χ4n) is 3.19. The van der Waals surface area contributed by atoms with Crippen molar-refractivity contribution in [2.24, 2.45) is 5.92 Å². The highest BCUT2D eigenvalue weighted by Gasteiger charge is 2.34. The van der Waals surface area contributed by atoms with Crippen LogP contribution in [0, 0.1) is 5.92 Å². The zero-order valence-corrected chi connectivity index (χ0v) is 13.3. The van der Waals surface area contributed by atoms with E-state index >= 15 is 0 Å². The van der Waals surface area contributed by atoms with Gasteiger partial charge in [0.15, 0.2) is 9.84 Å². The van der Waals surface area contributed by atoms with Gasteiger partial charge in [0.2, 0.25) is 5.91 Å². The third kappa shape index (κ3) is 4.26. The number of piperidine rings is 1. The highest BCUT2D eigenvalue weighted by atomic mass is 32.2. The number of amides is 1. The number of carbonyl (C=O) groups is 2. The summed E-state index contributed by atoms with van der Waals surface area (Å²) < 4.78 is 23.1. The minimum absolute atomic E-state index is 0.00385. The number of nitrogens with zero attached hydrogens (tertiary/aromatic N) is 2. The first-order chi connectivity index (χ1) is 9.95. The highest BCUT2D eigenvalue weighted by molar-refractivity contribution is 7.91. The van der Waals surface area contributed by atoms with E-state index in [-0.39, 0.29) is 29.4 Å². The van der Waals surface area contributed by atoms with Crippen molar-refractivity contribution < 1.29 is 18.0 Å². The van der Waals surface area contributed by atoms with Gasteiger partial charge in [-0.05, 0) is 39.3 Å². The smallest absolute Gasteiger partial charge is 0.237 e. The molecule has 2 saturated heterocycles. The molecule has 2 aliphatic heterocycles. The van der Waals surface area contributed by atoms with Crippen LogP contribution in [-0.2, 0) is 19.4 Å². The highest BCUT2D eigenvalue weighted by Crippen LogP contribution is 2.19. The predicted molar refractivity (Wildman–Crippen MR) is 79.7 cm³/mol. The molecule has 2 heterocycles. The van der Waals surface area contributed by atoms with Crippen molar-refractivity contribution in [2.75, 3.05) is 37.7 Å². The molecule has 2 fully saturated rings. The van der Waals surface area contributed by atoms with E-state index in [1.54, 1.807) is 4.90 Å². The Kier molecular flexibility index (Phi) is 5.37. The molecule has 0 radical (unpaired) electrons. The van der Waals surface area contributed by atoms with Crippen LogP contribution in [0.15, 0.2) is 0 Å². The fourth-order valence-corrected chi connectivity index (χ4v) is 4.92. The van der Waals surface area contributed by atoms with Crippen LogP contribution in [0.25, 0.3) is 0 Å². The molecule has 6 nitrogen and oxygen atoms in total. The number of aldehydes is 1. The molecule has 7 heteroatoms. The van der Waals surface area contributed by atoms with Crippen LogP contribution in [0.1, 0.15) is 26.2 Å². The summed E-state index contributed by atoms with van der Waals surface area (Å²) in [6.45, 7) is 4.28. The quantitative estimate of drug-likeness (QED) is 0.664. The number of likely N-dealkylation sites (N-methyl/N-ethyl adjacent to an activating group) is 1. The Balaban J connectivity index is 1.88. The van der Waals surface area contributed by atoms with Gasteiger partial charge in [0.25, 0.3) is 0 Å². The molecule has 0 aromatic carbocycles. The second-order valence-corrected chi connectivity index (χ2v) is 8.21. The number of rotatable bonds is 5. The van der Waals surface area contributed by atoms with Crippen molar-refractivity contribution >= 4 is 22.0 Å². The van der Waals surface area contributed by atoms with E-state index in [2.05, 4.69) is 4.90 Å². The van der Waals surface area contributed by atoms with Crippen molar-refractivity contribution in [3.63, 3.8) is 0 Å². The van der Waals surface area contributed by atoms with Crippen LogP contribution in [0.2, 0.25) is 0 Å². The molecule has 0 N–H and O–H groups in total. The van der Waals surface area contributed by atoms with Crippen LogP contribution in [0.4, 0.5) is 0 Å². The average Bonchev–Trinajstić information content (AvgIpc) is 2.80. The zero-order chi connectivity index (χ0) is 15.5. The van der Waals surface area contributed by atoms with Gasteiger partial charge in [-0.15, -0.1) is 0 Å². The topological polar surface area (TPSA) is 74.8 Å². The van der Waals surface area contributed by atoms with Crippen molar-refractivity contribution in [1.29, 1.82) is 0 Å². The summed E-state index contributed by atoms with van der Waals surface area (Å²) in [5, 5.41) is 0. The van der Waals surface area contributed by atoms with E-state index in [4.69, 9.17) is 0 Å². The summed E-state index contributed by atoms with van der Waals surface area (Å²) in [5.41, 5.74) is 0. The molecule has 0 aromatic rings. The van der Waals surface area contributed by atoms with E-state index in [9.17, 15) is 18.0 Å². The number of sulfone groups is 1. The summed E-state index contributed by atoms with van der Waals surface area (Å²) in [5.74, 6) is 0.411. The van der Waals surface area contributed by atoms with Gasteiger partial charge in [-0.25, -0.2) is 8.42 Å². The molecule has 1 amide bonds. The van der Waals surface area contributed by atoms with E-state index in [0.29, 0.717) is 19.5 Å². The second-order valence-electron chi connectivity index (χ2n) is 5.99. The minimum atomic E-state index is -2.97. The Morgan fingerprint density at radius 1 is 1.29 bits per heavy atom. The summed E-state index contributed by atoms with van der Waals surface area (Å²) in [6, 6.07) is -0.167. The monoisotopic (exact) mass is 316 g/mol. The molecule has 0 bridgehead atoms. The molecule has 0 aromatic heterocycles. The first kappa shape index (κ1) is 16.4. The van der Waals surface area contributed by atoms with Gasteiger partial charge in [-0.3, -0.25) is 9.69 Å². The maximum Gasteiger partial charge on any atom is 0.237 e. The number of carbonyl (C=O) groups excluding carboxylic acids is 2. The lowest BCUT2D eigenvalue weighted by atomic mass is 9.99. The SMILES string of the molecule is CCN(C(=O)CN1CCC(C=O)CC1)C1CCS(=O)(=O)C1. The summed E-state index contributed by atoms with van der Waals surface area (Å²) in [6.07, 6.45) is 3.16. The van der Waals surface area contributed by atoms with E-state index in [1.165, 1.54) is 0 Å². The summed E-state index contributed by atoms with van der Waals surface area (Å²) in [7, 11) is -2.97. The molecule has 0 spiro atoms. The van der Waals surface area contributed by atoms with Crippen molar-refractivity contribution in [3.8, 4) is 0 Å². The van der Waals surface area contributed by atoms with Gasteiger partial charge in [-0.2, -0.15) is 0 Å². The van der Waals surface area contributed by atoms with E-state index < -0.39 is 9.84 Å². The molecule has 1 atom stereocenters. The molecule has 120 valence electrons. The van der Waals surface area contributed by atoms with Gasteiger partial charge >= 0.3 is 0 Å². The average molecular weight is 316 g/mol. The molecular weight excluding hydrogens is 292 g/mol. The summed E-state index contributed by atoms with van der Waals surface area (Å²) >= 11 is 0. The Bertz CT molecular complexity index is 483. The Hall–Kier alpha value is -0.950. The summed E-state index contributed by atoms with van der Waals surface area (Å²) in [4.78, 5) is 26.9. The van der Waals surface area contributed by atoms with Gasteiger partial charge in [0.1, 0.15) is 6.29 Å². The Morgan fingerprint density at radius 2 is 1.95 bits per heavy atom. The maximum atomic E-state index is 12.4. The fraction of sp³-hybridized carbons (Fsp3) is 0.857. The van der Waals surface area contributed by atoms with Gasteiger partial charge in [0.05, 0.1) is 18.1 Å². The van der Waals surface area contributed by atoms with Gasteiger partial charge in [-0.1, -0.05) is 0 Å². The molecule has 0 aliphatic carbocycles. The van der Waals surface area contributed by atoms with E-state index in [0.717, 1.165) is 32.2 Å². The molecule has 21 heavy (non-hydrogen) atoms. The Labute approximate surface area is 126 Å². The molecule has 2 rings (SSSR count). The normalized spacial score (nSPS) is 26.6. The predicted octanol–water partition coefficient (Wildman–Crippen LogP) is -0.0671. The van der Waals surface area contributed by atoms with Crippen molar-refractivity contribution in [1.82, 2.24) is 9.80 Å². The van der Waals surface area contributed by atoms with Crippen LogP contribution >= 0.6 is 0 Å². The largest absolute Gasteiger partial charge is 0.338 e. The standard InChI is InChI=1S/C14H24N2O4S/c1-2-16(13-5-8-21(19,20)11-13)14(18)9-15-6-3-12(10-17)4-7-15/h10,12-13H,2-9,11H2,1H3. The van der Waals surface area contributed by atoms with Gasteiger partial charge in [0, 0.05) is 18.5 Å². The first-order valence-corrected chi connectivity index (χ1v) is 9.45. The third-order valence-corrected chi connectivity index (χ3v) is 6.24. The third-order valence-electron chi connectivity index (χ3n) is 4.49.